The van der Waals surface area contributed by atoms with Crippen LogP contribution in [0.15, 0.2) is 0 Å². The van der Waals surface area contributed by atoms with Gasteiger partial charge in [0.25, 0.3) is 0 Å². The molecule has 0 bridgehead atoms. The van der Waals surface area contributed by atoms with E-state index in [1.54, 1.807) is 0 Å². The molecule has 1 saturated carbocycles. The van der Waals surface area contributed by atoms with Gasteiger partial charge >= 0.3 is 0 Å². The van der Waals surface area contributed by atoms with Gasteiger partial charge in [-0.1, -0.05) is 0 Å². The van der Waals surface area contributed by atoms with Crippen LogP contribution in [-0.4, -0.2) is 62.2 Å². The van der Waals surface area contributed by atoms with Crippen LogP contribution in [0, 0.1) is 0 Å². The smallest absolute Gasteiger partial charge is 0.0113 e. The van der Waals surface area contributed by atoms with Crippen molar-refractivity contribution in [3.05, 3.63) is 0 Å². The SMILES string of the molecule is CNC1CC[C@@H](N2CCN(C)CC2)C1. The van der Waals surface area contributed by atoms with E-state index in [2.05, 4.69) is 29.2 Å². The maximum atomic E-state index is 3.40. The molecule has 2 aliphatic rings. The summed E-state index contributed by atoms with van der Waals surface area (Å²) in [5.74, 6) is 0. The lowest BCUT2D eigenvalue weighted by Gasteiger charge is -2.36. The van der Waals surface area contributed by atoms with E-state index in [1.807, 2.05) is 0 Å². The van der Waals surface area contributed by atoms with Crippen LogP contribution < -0.4 is 5.32 Å². The van der Waals surface area contributed by atoms with Crippen LogP contribution in [0.4, 0.5) is 0 Å². The first-order valence-electron chi connectivity index (χ1n) is 5.89. The Morgan fingerprint density at radius 2 is 1.79 bits per heavy atom. The Labute approximate surface area is 87.4 Å². The standard InChI is InChI=1S/C11H23N3/c1-12-10-3-4-11(9-10)14-7-5-13(2)6-8-14/h10-12H,3-9H2,1-2H3/t10?,11-/m1/s1. The summed E-state index contributed by atoms with van der Waals surface area (Å²) in [6.07, 6.45) is 4.13. The van der Waals surface area contributed by atoms with Crippen molar-refractivity contribution >= 4 is 0 Å². The molecule has 0 amide bonds. The van der Waals surface area contributed by atoms with E-state index in [1.165, 1.54) is 45.4 Å². The summed E-state index contributed by atoms with van der Waals surface area (Å²) in [6.45, 7) is 5.05. The minimum absolute atomic E-state index is 0.777. The number of hydrogen-bond acceptors (Lipinski definition) is 3. The van der Waals surface area contributed by atoms with Crippen LogP contribution >= 0.6 is 0 Å². The Hall–Kier alpha value is -0.120. The molecule has 2 atom stereocenters. The third-order valence-electron chi connectivity index (χ3n) is 3.87. The minimum Gasteiger partial charge on any atom is -0.317 e. The van der Waals surface area contributed by atoms with Crippen molar-refractivity contribution in [2.75, 3.05) is 40.3 Å². The lowest BCUT2D eigenvalue weighted by Crippen LogP contribution is -2.48. The number of hydrogen-bond donors (Lipinski definition) is 1. The molecule has 14 heavy (non-hydrogen) atoms. The molecule has 0 radical (unpaired) electrons. The van der Waals surface area contributed by atoms with Gasteiger partial charge in [0.2, 0.25) is 0 Å². The molecule has 1 heterocycles. The van der Waals surface area contributed by atoms with E-state index in [0.29, 0.717) is 0 Å². The fourth-order valence-electron chi connectivity index (χ4n) is 2.74. The van der Waals surface area contributed by atoms with Crippen molar-refractivity contribution in [1.29, 1.82) is 0 Å². The average molecular weight is 197 g/mol. The zero-order valence-electron chi connectivity index (χ0n) is 9.50. The lowest BCUT2D eigenvalue weighted by atomic mass is 10.2. The molecule has 2 rings (SSSR count). The van der Waals surface area contributed by atoms with E-state index < -0.39 is 0 Å². The summed E-state index contributed by atoms with van der Waals surface area (Å²) in [7, 11) is 4.32. The van der Waals surface area contributed by atoms with Gasteiger partial charge in [0, 0.05) is 38.3 Å². The van der Waals surface area contributed by atoms with Crippen LogP contribution in [0.3, 0.4) is 0 Å². The molecule has 0 spiro atoms. The van der Waals surface area contributed by atoms with Crippen LogP contribution in [-0.2, 0) is 0 Å². The maximum Gasteiger partial charge on any atom is 0.0113 e. The number of piperazine rings is 1. The van der Waals surface area contributed by atoms with Crippen molar-refractivity contribution in [2.24, 2.45) is 0 Å². The summed E-state index contributed by atoms with van der Waals surface area (Å²) in [5.41, 5.74) is 0. The van der Waals surface area contributed by atoms with Gasteiger partial charge in [0.1, 0.15) is 0 Å². The Balaban J connectivity index is 1.79. The van der Waals surface area contributed by atoms with Crippen molar-refractivity contribution in [3.63, 3.8) is 0 Å². The predicted octanol–water partition coefficient (Wildman–Crippen LogP) is 0.374. The topological polar surface area (TPSA) is 18.5 Å². The first-order valence-corrected chi connectivity index (χ1v) is 5.89. The maximum absolute atomic E-state index is 3.40. The Bertz CT molecular complexity index is 175. The molecule has 3 nitrogen and oxygen atoms in total. The second-order valence-corrected chi connectivity index (χ2v) is 4.79. The number of nitrogens with one attached hydrogen (secondary N) is 1. The van der Waals surface area contributed by atoms with Crippen LogP contribution in [0.25, 0.3) is 0 Å². The molecule has 0 aromatic carbocycles. The van der Waals surface area contributed by atoms with Crippen LogP contribution in [0.1, 0.15) is 19.3 Å². The number of rotatable bonds is 2. The molecule has 1 N–H and O–H groups in total. The van der Waals surface area contributed by atoms with E-state index >= 15 is 0 Å². The van der Waals surface area contributed by atoms with E-state index in [9.17, 15) is 0 Å². The molecule has 82 valence electrons. The average Bonchev–Trinajstić information content (AvgIpc) is 2.67. The zero-order valence-corrected chi connectivity index (χ0v) is 9.50. The molecule has 1 aliphatic carbocycles. The first-order chi connectivity index (χ1) is 6.79. The van der Waals surface area contributed by atoms with Gasteiger partial charge in [-0.15, -0.1) is 0 Å². The summed E-state index contributed by atoms with van der Waals surface area (Å²) < 4.78 is 0. The fourth-order valence-corrected chi connectivity index (χ4v) is 2.74. The van der Waals surface area contributed by atoms with E-state index in [-0.39, 0.29) is 0 Å². The Kier molecular flexibility index (Phi) is 3.42. The van der Waals surface area contributed by atoms with Gasteiger partial charge in [-0.2, -0.15) is 0 Å². The molecular formula is C11H23N3. The zero-order chi connectivity index (χ0) is 9.97. The molecular weight excluding hydrogens is 174 g/mol. The van der Waals surface area contributed by atoms with Gasteiger partial charge in [-0.3, -0.25) is 4.90 Å². The van der Waals surface area contributed by atoms with E-state index in [0.717, 1.165) is 12.1 Å². The van der Waals surface area contributed by atoms with Gasteiger partial charge < -0.3 is 10.2 Å². The van der Waals surface area contributed by atoms with Crippen LogP contribution in [0.5, 0.6) is 0 Å². The third-order valence-corrected chi connectivity index (χ3v) is 3.87. The molecule has 0 aromatic rings. The monoisotopic (exact) mass is 197 g/mol. The van der Waals surface area contributed by atoms with Gasteiger partial charge in [0.15, 0.2) is 0 Å². The molecule has 1 aliphatic heterocycles. The van der Waals surface area contributed by atoms with Crippen molar-refractivity contribution in [2.45, 2.75) is 31.3 Å². The normalized spacial score (nSPS) is 36.4. The first kappa shape index (κ1) is 10.4. The Morgan fingerprint density at radius 1 is 1.07 bits per heavy atom. The van der Waals surface area contributed by atoms with Gasteiger partial charge in [-0.25, -0.2) is 0 Å². The van der Waals surface area contributed by atoms with Crippen molar-refractivity contribution in [3.8, 4) is 0 Å². The molecule has 1 saturated heterocycles. The fraction of sp³-hybridized carbons (Fsp3) is 1.00. The van der Waals surface area contributed by atoms with Gasteiger partial charge in [-0.05, 0) is 33.4 Å². The molecule has 3 heteroatoms. The second kappa shape index (κ2) is 4.60. The quantitative estimate of drug-likeness (QED) is 0.690. The molecule has 1 unspecified atom stereocenters. The van der Waals surface area contributed by atoms with Gasteiger partial charge in [0.05, 0.1) is 0 Å². The molecule has 2 fully saturated rings. The van der Waals surface area contributed by atoms with Crippen molar-refractivity contribution < 1.29 is 0 Å². The highest BCUT2D eigenvalue weighted by molar-refractivity contribution is 4.87. The van der Waals surface area contributed by atoms with E-state index in [4.69, 9.17) is 0 Å². The highest BCUT2D eigenvalue weighted by Gasteiger charge is 2.29. The van der Waals surface area contributed by atoms with Crippen molar-refractivity contribution in [1.82, 2.24) is 15.1 Å². The number of likely N-dealkylation sites (N-methyl/N-ethyl adjacent to an activating group) is 1. The Morgan fingerprint density at radius 3 is 2.36 bits per heavy atom. The summed E-state index contributed by atoms with van der Waals surface area (Å²) in [6, 6.07) is 1.64. The minimum atomic E-state index is 0.777. The van der Waals surface area contributed by atoms with Crippen LogP contribution in [0.2, 0.25) is 0 Å². The highest BCUT2D eigenvalue weighted by Crippen LogP contribution is 2.24. The summed E-state index contributed by atoms with van der Waals surface area (Å²) >= 11 is 0. The predicted molar refractivity (Wildman–Crippen MR) is 59.6 cm³/mol. The third kappa shape index (κ3) is 2.27. The largest absolute Gasteiger partial charge is 0.317 e. The number of nitrogens with zero attached hydrogens (tertiary/aromatic N) is 2. The second-order valence-electron chi connectivity index (χ2n) is 4.79. The summed E-state index contributed by atoms with van der Waals surface area (Å²) in [5, 5.41) is 3.40. The summed E-state index contributed by atoms with van der Waals surface area (Å²) in [4.78, 5) is 5.12. The highest BCUT2D eigenvalue weighted by atomic mass is 15.3. The molecule has 0 aromatic heterocycles. The lowest BCUT2D eigenvalue weighted by molar-refractivity contribution is 0.112.